The van der Waals surface area contributed by atoms with E-state index in [2.05, 4.69) is 42.6 Å². The highest BCUT2D eigenvalue weighted by atomic mass is 16.5. The lowest BCUT2D eigenvalue weighted by Gasteiger charge is -2.33. The van der Waals surface area contributed by atoms with Crippen molar-refractivity contribution in [3.8, 4) is 0 Å². The molecule has 0 heterocycles. The van der Waals surface area contributed by atoms with Gasteiger partial charge in [-0.15, -0.1) is 0 Å². The summed E-state index contributed by atoms with van der Waals surface area (Å²) in [5.74, 6) is 0. The summed E-state index contributed by atoms with van der Waals surface area (Å²) in [6, 6.07) is 10.8. The molecular weight excluding hydrogens is 250 g/mol. The van der Waals surface area contributed by atoms with Crippen LogP contribution < -0.4 is 5.32 Å². The highest BCUT2D eigenvalue weighted by Gasteiger charge is 2.29. The summed E-state index contributed by atoms with van der Waals surface area (Å²) in [6.07, 6.45) is 3.12. The van der Waals surface area contributed by atoms with Crippen LogP contribution in [0.4, 0.5) is 0 Å². The summed E-state index contributed by atoms with van der Waals surface area (Å²) in [6.45, 7) is 5.59. The van der Waals surface area contributed by atoms with Crippen molar-refractivity contribution in [1.82, 2.24) is 5.32 Å². The molecule has 0 aliphatic carbocycles. The van der Waals surface area contributed by atoms with Gasteiger partial charge in [-0.3, -0.25) is 0 Å². The van der Waals surface area contributed by atoms with Gasteiger partial charge in [0.15, 0.2) is 0 Å². The molecule has 0 fully saturated rings. The fourth-order valence-electron chi connectivity index (χ4n) is 2.65. The van der Waals surface area contributed by atoms with Crippen LogP contribution in [0.5, 0.6) is 0 Å². The highest BCUT2D eigenvalue weighted by molar-refractivity contribution is 5.25. The Morgan fingerprint density at radius 2 is 1.85 bits per heavy atom. The Morgan fingerprint density at radius 1 is 1.10 bits per heavy atom. The molecule has 20 heavy (non-hydrogen) atoms. The van der Waals surface area contributed by atoms with Crippen molar-refractivity contribution in [2.75, 3.05) is 40.5 Å². The standard InChI is InChI=1S/C17H29NO2/c1-4-17(15-18-2,16-9-6-5-7-10-16)11-14-20-13-8-12-19-3/h5-7,9-10,18H,4,8,11-15H2,1-3H3. The third kappa shape index (κ3) is 5.23. The molecule has 0 bridgehead atoms. The molecule has 1 rings (SSSR count). The number of hydrogen-bond donors (Lipinski definition) is 1. The van der Waals surface area contributed by atoms with Crippen molar-refractivity contribution < 1.29 is 9.47 Å². The van der Waals surface area contributed by atoms with Gasteiger partial charge in [-0.2, -0.15) is 0 Å². The van der Waals surface area contributed by atoms with Gasteiger partial charge in [-0.25, -0.2) is 0 Å². The maximum Gasteiger partial charge on any atom is 0.0487 e. The number of likely N-dealkylation sites (N-methyl/N-ethyl adjacent to an activating group) is 1. The van der Waals surface area contributed by atoms with Crippen LogP contribution in [0.25, 0.3) is 0 Å². The third-order valence-electron chi connectivity index (χ3n) is 3.94. The SMILES string of the molecule is CCC(CCOCCCOC)(CNC)c1ccccc1. The van der Waals surface area contributed by atoms with E-state index in [9.17, 15) is 0 Å². The lowest BCUT2D eigenvalue weighted by Crippen LogP contribution is -2.37. The van der Waals surface area contributed by atoms with E-state index >= 15 is 0 Å². The molecule has 1 N–H and O–H groups in total. The van der Waals surface area contributed by atoms with Crippen molar-refractivity contribution >= 4 is 0 Å². The van der Waals surface area contributed by atoms with Crippen LogP contribution in [0.2, 0.25) is 0 Å². The Hall–Kier alpha value is -0.900. The number of benzene rings is 1. The van der Waals surface area contributed by atoms with E-state index in [0.717, 1.165) is 45.6 Å². The fourth-order valence-corrected chi connectivity index (χ4v) is 2.65. The molecule has 114 valence electrons. The minimum Gasteiger partial charge on any atom is -0.385 e. The molecule has 0 spiro atoms. The zero-order chi connectivity index (χ0) is 14.7. The molecule has 0 saturated carbocycles. The Kier molecular flexibility index (Phi) is 8.51. The monoisotopic (exact) mass is 279 g/mol. The molecule has 3 heteroatoms. The van der Waals surface area contributed by atoms with E-state index in [1.165, 1.54) is 5.56 Å². The molecule has 1 unspecified atom stereocenters. The van der Waals surface area contributed by atoms with Gasteiger partial charge in [0.2, 0.25) is 0 Å². The van der Waals surface area contributed by atoms with Crippen LogP contribution >= 0.6 is 0 Å². The van der Waals surface area contributed by atoms with Gasteiger partial charge < -0.3 is 14.8 Å². The topological polar surface area (TPSA) is 30.5 Å². The third-order valence-corrected chi connectivity index (χ3v) is 3.94. The van der Waals surface area contributed by atoms with Gasteiger partial charge in [0.1, 0.15) is 0 Å². The van der Waals surface area contributed by atoms with Crippen molar-refractivity contribution in [3.05, 3.63) is 35.9 Å². The maximum atomic E-state index is 5.75. The van der Waals surface area contributed by atoms with Gasteiger partial charge in [-0.1, -0.05) is 37.3 Å². The van der Waals surface area contributed by atoms with Crippen molar-refractivity contribution in [2.45, 2.75) is 31.6 Å². The van der Waals surface area contributed by atoms with Crippen molar-refractivity contribution in [2.24, 2.45) is 0 Å². The quantitative estimate of drug-likeness (QED) is 0.632. The predicted octanol–water partition coefficient (Wildman–Crippen LogP) is 3.00. The minimum atomic E-state index is 0.164. The first kappa shape index (κ1) is 17.2. The fraction of sp³-hybridized carbons (Fsp3) is 0.647. The number of nitrogens with one attached hydrogen (secondary N) is 1. The zero-order valence-electron chi connectivity index (χ0n) is 13.2. The summed E-state index contributed by atoms with van der Waals surface area (Å²) in [5, 5.41) is 3.34. The second-order valence-electron chi connectivity index (χ2n) is 5.24. The Balaban J connectivity index is 2.56. The van der Waals surface area contributed by atoms with Gasteiger partial charge in [0.25, 0.3) is 0 Å². The number of methoxy groups -OCH3 is 1. The minimum absolute atomic E-state index is 0.164. The molecule has 1 aromatic carbocycles. The normalized spacial score (nSPS) is 14.2. The van der Waals surface area contributed by atoms with E-state index < -0.39 is 0 Å². The lowest BCUT2D eigenvalue weighted by atomic mass is 9.75. The molecule has 0 aliphatic rings. The Labute approximate surface area is 123 Å². The van der Waals surface area contributed by atoms with Crippen molar-refractivity contribution in [1.29, 1.82) is 0 Å². The van der Waals surface area contributed by atoms with E-state index in [4.69, 9.17) is 9.47 Å². The average molecular weight is 279 g/mol. The summed E-state index contributed by atoms with van der Waals surface area (Å²) < 4.78 is 10.8. The van der Waals surface area contributed by atoms with Crippen LogP contribution in [-0.2, 0) is 14.9 Å². The molecule has 0 aromatic heterocycles. The smallest absolute Gasteiger partial charge is 0.0487 e. The van der Waals surface area contributed by atoms with Crippen LogP contribution in [-0.4, -0.2) is 40.5 Å². The molecule has 0 amide bonds. The number of ether oxygens (including phenoxy) is 2. The largest absolute Gasteiger partial charge is 0.385 e. The van der Waals surface area contributed by atoms with E-state index in [1.807, 2.05) is 7.05 Å². The lowest BCUT2D eigenvalue weighted by molar-refractivity contribution is 0.0885. The molecule has 1 aromatic rings. The first-order chi connectivity index (χ1) is 9.79. The second-order valence-corrected chi connectivity index (χ2v) is 5.24. The van der Waals surface area contributed by atoms with E-state index in [0.29, 0.717) is 0 Å². The Bertz CT molecular complexity index is 342. The zero-order valence-corrected chi connectivity index (χ0v) is 13.2. The second kappa shape index (κ2) is 9.92. The van der Waals surface area contributed by atoms with E-state index in [-0.39, 0.29) is 5.41 Å². The first-order valence-corrected chi connectivity index (χ1v) is 7.56. The van der Waals surface area contributed by atoms with Crippen molar-refractivity contribution in [3.63, 3.8) is 0 Å². The van der Waals surface area contributed by atoms with Crippen LogP contribution in [0.3, 0.4) is 0 Å². The molecule has 3 nitrogen and oxygen atoms in total. The van der Waals surface area contributed by atoms with Gasteiger partial charge >= 0.3 is 0 Å². The first-order valence-electron chi connectivity index (χ1n) is 7.56. The molecule has 1 atom stereocenters. The average Bonchev–Trinajstić information content (AvgIpc) is 2.50. The summed E-state index contributed by atoms with van der Waals surface area (Å²) in [5.41, 5.74) is 1.56. The van der Waals surface area contributed by atoms with Crippen LogP contribution in [0.15, 0.2) is 30.3 Å². The molecule has 0 aliphatic heterocycles. The van der Waals surface area contributed by atoms with Gasteiger partial charge in [0.05, 0.1) is 0 Å². The van der Waals surface area contributed by atoms with Crippen LogP contribution in [0.1, 0.15) is 31.7 Å². The molecule has 0 saturated heterocycles. The molecule has 0 radical (unpaired) electrons. The molecular formula is C17H29NO2. The number of rotatable bonds is 11. The number of hydrogen-bond acceptors (Lipinski definition) is 3. The van der Waals surface area contributed by atoms with E-state index in [1.54, 1.807) is 7.11 Å². The van der Waals surface area contributed by atoms with Gasteiger partial charge in [0, 0.05) is 38.9 Å². The Morgan fingerprint density at radius 3 is 2.45 bits per heavy atom. The summed E-state index contributed by atoms with van der Waals surface area (Å²) >= 11 is 0. The summed E-state index contributed by atoms with van der Waals surface area (Å²) in [4.78, 5) is 0. The maximum absolute atomic E-state index is 5.75. The summed E-state index contributed by atoms with van der Waals surface area (Å²) in [7, 11) is 3.75. The highest BCUT2D eigenvalue weighted by Crippen LogP contribution is 2.31. The van der Waals surface area contributed by atoms with Gasteiger partial charge in [-0.05, 0) is 31.9 Å². The predicted molar refractivity (Wildman–Crippen MR) is 84.3 cm³/mol. The van der Waals surface area contributed by atoms with Crippen LogP contribution in [0, 0.1) is 0 Å².